The number of primary amides is 1. The van der Waals surface area contributed by atoms with Gasteiger partial charge in [0.05, 0.1) is 5.56 Å². The van der Waals surface area contributed by atoms with Crippen LogP contribution < -0.4 is 10.5 Å². The number of carbonyl (C=O) groups is 2. The summed E-state index contributed by atoms with van der Waals surface area (Å²) in [4.78, 5) is 22.8. The van der Waals surface area contributed by atoms with E-state index in [-0.39, 0.29) is 19.1 Å². The average Bonchev–Trinajstić information content (AvgIpc) is 3.14. The third-order valence-corrected chi connectivity index (χ3v) is 3.53. The minimum atomic E-state index is -0.580. The van der Waals surface area contributed by atoms with Crippen LogP contribution in [0.5, 0.6) is 5.75 Å². The van der Waals surface area contributed by atoms with Crippen LogP contribution in [0.15, 0.2) is 52.9 Å². The lowest BCUT2D eigenvalue weighted by Gasteiger charge is -2.05. The molecule has 2 N–H and O–H groups in total. The van der Waals surface area contributed by atoms with E-state index in [1.165, 1.54) is 12.1 Å². The van der Waals surface area contributed by atoms with E-state index < -0.39 is 11.9 Å². The standard InChI is InChI=1S/C19H17N3O5/c1-12-3-2-4-14(9-12)18-22-21-17(27-18)11-26-19(24)13-5-7-15(8-6-13)25-10-16(20)23/h2-9H,10-11H2,1H3,(H2,20,23). The molecule has 27 heavy (non-hydrogen) atoms. The summed E-state index contributed by atoms with van der Waals surface area (Å²) in [6.45, 7) is 1.59. The number of nitrogens with two attached hydrogens (primary N) is 1. The van der Waals surface area contributed by atoms with Crippen LogP contribution in [0.4, 0.5) is 0 Å². The van der Waals surface area contributed by atoms with Gasteiger partial charge in [0.25, 0.3) is 11.8 Å². The van der Waals surface area contributed by atoms with Crippen molar-refractivity contribution in [2.24, 2.45) is 5.73 Å². The Labute approximate surface area is 154 Å². The van der Waals surface area contributed by atoms with Gasteiger partial charge in [0.15, 0.2) is 13.2 Å². The Morgan fingerprint density at radius 1 is 1.11 bits per heavy atom. The van der Waals surface area contributed by atoms with Crippen molar-refractivity contribution in [1.29, 1.82) is 0 Å². The molecule has 0 aliphatic carbocycles. The Kier molecular flexibility index (Phi) is 5.46. The molecule has 138 valence electrons. The molecule has 0 fully saturated rings. The quantitative estimate of drug-likeness (QED) is 0.636. The molecule has 8 nitrogen and oxygen atoms in total. The lowest BCUT2D eigenvalue weighted by Crippen LogP contribution is -2.20. The SMILES string of the molecule is Cc1cccc(-c2nnc(COC(=O)c3ccc(OCC(N)=O)cc3)o2)c1. The van der Waals surface area contributed by atoms with Crippen LogP contribution in [-0.2, 0) is 16.1 Å². The van der Waals surface area contributed by atoms with E-state index in [2.05, 4.69) is 10.2 Å². The summed E-state index contributed by atoms with van der Waals surface area (Å²) in [6.07, 6.45) is 0. The molecule has 0 unspecified atom stereocenters. The minimum Gasteiger partial charge on any atom is -0.484 e. The van der Waals surface area contributed by atoms with Gasteiger partial charge in [0, 0.05) is 5.56 Å². The molecular formula is C19H17N3O5. The fourth-order valence-corrected chi connectivity index (χ4v) is 2.26. The minimum absolute atomic E-state index is 0.141. The summed E-state index contributed by atoms with van der Waals surface area (Å²) in [6, 6.07) is 13.8. The van der Waals surface area contributed by atoms with Crippen molar-refractivity contribution in [2.45, 2.75) is 13.5 Å². The number of amides is 1. The van der Waals surface area contributed by atoms with Crippen molar-refractivity contribution in [3.8, 4) is 17.2 Å². The second kappa shape index (κ2) is 8.13. The zero-order valence-corrected chi connectivity index (χ0v) is 14.5. The van der Waals surface area contributed by atoms with Crippen molar-refractivity contribution in [2.75, 3.05) is 6.61 Å². The molecule has 0 radical (unpaired) electrons. The van der Waals surface area contributed by atoms with Crippen molar-refractivity contribution in [1.82, 2.24) is 10.2 Å². The van der Waals surface area contributed by atoms with Crippen LogP contribution in [0.25, 0.3) is 11.5 Å². The molecule has 0 atom stereocenters. The summed E-state index contributed by atoms with van der Waals surface area (Å²) in [7, 11) is 0. The molecule has 1 amide bonds. The first-order valence-electron chi connectivity index (χ1n) is 8.09. The molecule has 8 heteroatoms. The summed E-state index contributed by atoms with van der Waals surface area (Å²) in [5.74, 6) is -0.151. The third-order valence-electron chi connectivity index (χ3n) is 3.53. The second-order valence-corrected chi connectivity index (χ2v) is 5.73. The van der Waals surface area contributed by atoms with Gasteiger partial charge in [-0.1, -0.05) is 17.7 Å². The number of carbonyl (C=O) groups excluding carboxylic acids is 2. The van der Waals surface area contributed by atoms with E-state index in [1.54, 1.807) is 12.1 Å². The Morgan fingerprint density at radius 2 is 1.89 bits per heavy atom. The van der Waals surface area contributed by atoms with E-state index >= 15 is 0 Å². The third kappa shape index (κ3) is 4.91. The maximum Gasteiger partial charge on any atom is 0.338 e. The Balaban J connectivity index is 1.57. The van der Waals surface area contributed by atoms with Crippen LogP contribution >= 0.6 is 0 Å². The highest BCUT2D eigenvalue weighted by Crippen LogP contribution is 2.19. The lowest BCUT2D eigenvalue weighted by molar-refractivity contribution is -0.119. The molecule has 3 aromatic rings. The van der Waals surface area contributed by atoms with E-state index in [1.807, 2.05) is 31.2 Å². The molecule has 0 spiro atoms. The summed E-state index contributed by atoms with van der Waals surface area (Å²) < 4.78 is 15.8. The molecule has 2 aromatic carbocycles. The topological polar surface area (TPSA) is 118 Å². The molecule has 0 bridgehead atoms. The molecule has 0 aliphatic heterocycles. The summed E-state index contributed by atoms with van der Waals surface area (Å²) >= 11 is 0. The number of aryl methyl sites for hydroxylation is 1. The molecule has 0 saturated heterocycles. The van der Waals surface area contributed by atoms with Crippen molar-refractivity contribution >= 4 is 11.9 Å². The number of hydrogen-bond donors (Lipinski definition) is 1. The van der Waals surface area contributed by atoms with Gasteiger partial charge < -0.3 is 19.6 Å². The fraction of sp³-hybridized carbons (Fsp3) is 0.158. The smallest absolute Gasteiger partial charge is 0.338 e. The van der Waals surface area contributed by atoms with Crippen LogP contribution in [-0.4, -0.2) is 28.7 Å². The predicted molar refractivity (Wildman–Crippen MR) is 94.7 cm³/mol. The summed E-state index contributed by atoms with van der Waals surface area (Å²) in [5, 5.41) is 7.85. The maximum atomic E-state index is 12.1. The normalized spacial score (nSPS) is 10.4. The molecule has 1 aromatic heterocycles. The lowest BCUT2D eigenvalue weighted by atomic mass is 10.1. The van der Waals surface area contributed by atoms with Gasteiger partial charge in [0.1, 0.15) is 5.75 Å². The molecule has 3 rings (SSSR count). The van der Waals surface area contributed by atoms with Crippen molar-refractivity contribution in [3.05, 3.63) is 65.5 Å². The van der Waals surface area contributed by atoms with E-state index in [0.29, 0.717) is 17.2 Å². The van der Waals surface area contributed by atoms with Gasteiger partial charge in [-0.3, -0.25) is 4.79 Å². The number of rotatable bonds is 7. The van der Waals surface area contributed by atoms with E-state index in [0.717, 1.165) is 11.1 Å². The fourth-order valence-electron chi connectivity index (χ4n) is 2.26. The van der Waals surface area contributed by atoms with Crippen LogP contribution in [0, 0.1) is 6.92 Å². The zero-order chi connectivity index (χ0) is 19.2. The van der Waals surface area contributed by atoms with Gasteiger partial charge in [-0.25, -0.2) is 4.79 Å². The van der Waals surface area contributed by atoms with Gasteiger partial charge in [-0.2, -0.15) is 0 Å². The number of hydrogen-bond acceptors (Lipinski definition) is 7. The van der Waals surface area contributed by atoms with Crippen LogP contribution in [0.3, 0.4) is 0 Å². The molecule has 0 aliphatic rings. The largest absolute Gasteiger partial charge is 0.484 e. The number of benzene rings is 2. The maximum absolute atomic E-state index is 12.1. The van der Waals surface area contributed by atoms with Crippen molar-refractivity contribution < 1.29 is 23.5 Å². The van der Waals surface area contributed by atoms with Crippen molar-refractivity contribution in [3.63, 3.8) is 0 Å². The zero-order valence-electron chi connectivity index (χ0n) is 14.5. The Hall–Kier alpha value is -3.68. The predicted octanol–water partition coefficient (Wildman–Crippen LogP) is 2.27. The highest BCUT2D eigenvalue weighted by molar-refractivity contribution is 5.89. The first kappa shape index (κ1) is 18.1. The molecule has 1 heterocycles. The first-order chi connectivity index (χ1) is 13.0. The van der Waals surface area contributed by atoms with Gasteiger partial charge in [-0.05, 0) is 43.3 Å². The van der Waals surface area contributed by atoms with Gasteiger partial charge >= 0.3 is 5.97 Å². The van der Waals surface area contributed by atoms with Crippen LogP contribution in [0.2, 0.25) is 0 Å². The van der Waals surface area contributed by atoms with E-state index in [4.69, 9.17) is 19.6 Å². The molecular weight excluding hydrogens is 350 g/mol. The number of esters is 1. The Morgan fingerprint density at radius 3 is 2.59 bits per heavy atom. The molecule has 0 saturated carbocycles. The Bertz CT molecular complexity index is 950. The number of nitrogens with zero attached hydrogens (tertiary/aromatic N) is 2. The van der Waals surface area contributed by atoms with E-state index in [9.17, 15) is 9.59 Å². The first-order valence-corrected chi connectivity index (χ1v) is 8.09. The monoisotopic (exact) mass is 367 g/mol. The second-order valence-electron chi connectivity index (χ2n) is 5.73. The van der Waals surface area contributed by atoms with Gasteiger partial charge in [0.2, 0.25) is 5.89 Å². The highest BCUT2D eigenvalue weighted by atomic mass is 16.5. The summed E-state index contributed by atoms with van der Waals surface area (Å²) in [5.41, 5.74) is 7.19. The number of ether oxygens (including phenoxy) is 2. The average molecular weight is 367 g/mol. The number of aromatic nitrogens is 2. The highest BCUT2D eigenvalue weighted by Gasteiger charge is 2.13. The van der Waals surface area contributed by atoms with Gasteiger partial charge in [-0.15, -0.1) is 10.2 Å². The van der Waals surface area contributed by atoms with Crippen LogP contribution in [0.1, 0.15) is 21.8 Å².